The lowest BCUT2D eigenvalue weighted by Gasteiger charge is -2.11. The molecule has 0 saturated carbocycles. The Balaban J connectivity index is 2.08. The van der Waals surface area contributed by atoms with E-state index in [0.29, 0.717) is 0 Å². The van der Waals surface area contributed by atoms with Crippen LogP contribution in [0.25, 0.3) is 0 Å². The second-order valence-electron chi connectivity index (χ2n) is 5.13. The Hall–Kier alpha value is -2.10. The van der Waals surface area contributed by atoms with Crippen LogP contribution in [0.2, 0.25) is 0 Å². The molecule has 0 aliphatic heterocycles. The molecule has 9 nitrogen and oxygen atoms in total. The first-order valence-corrected chi connectivity index (χ1v) is 10.0. The summed E-state index contributed by atoms with van der Waals surface area (Å²) in [6, 6.07) is 10.6. The number of hydrogen-bond donors (Lipinski definition) is 1. The second-order valence-corrected chi connectivity index (χ2v) is 8.39. The molecule has 2 rings (SSSR count). The molecule has 1 unspecified atom stereocenters. The molecule has 0 fully saturated rings. The minimum Gasteiger partial charge on any atom is -0.323 e. The molecule has 0 aliphatic rings. The van der Waals surface area contributed by atoms with Gasteiger partial charge in [-0.3, -0.25) is 14.7 Å². The molecule has 11 heteroatoms. The standard InChI is InChI=1S/C14H14NO8PS/c1-11-5-7-14(8-6-11)25(20,21)23-22-24(18,19)10-12-3-2-4-13(9-12)15(16)17/h2-9H,10H2,1H3,(H,18,19). The average molecular weight is 387 g/mol. The summed E-state index contributed by atoms with van der Waals surface area (Å²) in [4.78, 5) is 19.5. The van der Waals surface area contributed by atoms with Gasteiger partial charge in [-0.1, -0.05) is 34.2 Å². The van der Waals surface area contributed by atoms with E-state index in [4.69, 9.17) is 0 Å². The van der Waals surface area contributed by atoms with Gasteiger partial charge in [0.1, 0.15) is 0 Å². The van der Waals surface area contributed by atoms with Crippen LogP contribution in [-0.4, -0.2) is 18.2 Å². The van der Waals surface area contributed by atoms with E-state index in [0.717, 1.165) is 11.6 Å². The zero-order valence-electron chi connectivity index (χ0n) is 12.9. The normalized spacial score (nSPS) is 14.0. The highest BCUT2D eigenvalue weighted by atomic mass is 32.2. The molecule has 2 aromatic rings. The summed E-state index contributed by atoms with van der Waals surface area (Å²) in [6.45, 7) is 1.76. The molecule has 0 heterocycles. The summed E-state index contributed by atoms with van der Waals surface area (Å²) in [5, 5.41) is 10.7. The van der Waals surface area contributed by atoms with E-state index < -0.39 is 28.8 Å². The summed E-state index contributed by atoms with van der Waals surface area (Å²) in [5.74, 6) is 0. The predicted molar refractivity (Wildman–Crippen MR) is 87.2 cm³/mol. The third-order valence-electron chi connectivity index (χ3n) is 3.05. The van der Waals surface area contributed by atoms with E-state index in [2.05, 4.69) is 9.01 Å². The number of nitro benzene ring substituents is 1. The first-order chi connectivity index (χ1) is 11.6. The maximum atomic E-state index is 12.0. The molecule has 2 aromatic carbocycles. The van der Waals surface area contributed by atoms with Gasteiger partial charge in [0.25, 0.3) is 5.69 Å². The quantitative estimate of drug-likeness (QED) is 0.332. The smallest absolute Gasteiger partial charge is 0.323 e. The minimum absolute atomic E-state index is 0.122. The van der Waals surface area contributed by atoms with Crippen molar-refractivity contribution in [2.24, 2.45) is 0 Å². The molecule has 0 saturated heterocycles. The van der Waals surface area contributed by atoms with Crippen LogP contribution in [0.5, 0.6) is 0 Å². The van der Waals surface area contributed by atoms with Crippen molar-refractivity contribution in [3.05, 3.63) is 69.8 Å². The van der Waals surface area contributed by atoms with Crippen molar-refractivity contribution in [1.82, 2.24) is 0 Å². The lowest BCUT2D eigenvalue weighted by molar-refractivity contribution is -0.384. The van der Waals surface area contributed by atoms with Crippen LogP contribution in [0.1, 0.15) is 11.1 Å². The van der Waals surface area contributed by atoms with Crippen molar-refractivity contribution in [2.75, 3.05) is 0 Å². The first kappa shape index (κ1) is 19.2. The van der Waals surface area contributed by atoms with Gasteiger partial charge < -0.3 is 4.89 Å². The van der Waals surface area contributed by atoms with Crippen molar-refractivity contribution in [3.8, 4) is 0 Å². The predicted octanol–water partition coefficient (Wildman–Crippen LogP) is 2.93. The van der Waals surface area contributed by atoms with E-state index in [1.165, 1.54) is 42.5 Å². The number of nitro groups is 1. The van der Waals surface area contributed by atoms with Crippen molar-refractivity contribution >= 4 is 23.4 Å². The van der Waals surface area contributed by atoms with Crippen molar-refractivity contribution in [1.29, 1.82) is 0 Å². The molecule has 25 heavy (non-hydrogen) atoms. The minimum atomic E-state index is -4.51. The van der Waals surface area contributed by atoms with Gasteiger partial charge in [0.05, 0.1) is 16.0 Å². The Bertz CT molecular complexity index is 926. The fraction of sp³-hybridized carbons (Fsp3) is 0.143. The molecule has 1 atom stereocenters. The van der Waals surface area contributed by atoms with E-state index in [9.17, 15) is 28.0 Å². The SMILES string of the molecule is Cc1ccc(S(=O)(=O)OOP(=O)(O)Cc2cccc([N+](=O)[O-])c2)cc1. The third kappa shape index (κ3) is 5.45. The van der Waals surface area contributed by atoms with Crippen LogP contribution in [0.15, 0.2) is 53.4 Å². The van der Waals surface area contributed by atoms with Crippen LogP contribution < -0.4 is 0 Å². The topological polar surface area (TPSA) is 133 Å². The molecule has 0 radical (unpaired) electrons. The third-order valence-corrected chi connectivity index (χ3v) is 5.32. The van der Waals surface area contributed by atoms with E-state index in [1.807, 2.05) is 0 Å². The molecule has 0 amide bonds. The summed E-state index contributed by atoms with van der Waals surface area (Å²) in [7, 11) is -8.90. The number of rotatable bonds is 7. The Morgan fingerprint density at radius 1 is 1.20 bits per heavy atom. The van der Waals surface area contributed by atoms with Crippen LogP contribution >= 0.6 is 7.60 Å². The molecule has 1 N–H and O–H groups in total. The van der Waals surface area contributed by atoms with Crippen LogP contribution in [0.3, 0.4) is 0 Å². The Kier molecular flexibility index (Phi) is 5.71. The monoisotopic (exact) mass is 387 g/mol. The average Bonchev–Trinajstić information content (AvgIpc) is 2.53. The number of non-ortho nitro benzene ring substituents is 1. The molecule has 0 spiro atoms. The first-order valence-electron chi connectivity index (χ1n) is 6.84. The van der Waals surface area contributed by atoms with Gasteiger partial charge in [-0.2, -0.15) is 8.42 Å². The summed E-state index contributed by atoms with van der Waals surface area (Å²) < 4.78 is 44.2. The van der Waals surface area contributed by atoms with Crippen molar-refractivity contribution in [3.63, 3.8) is 0 Å². The number of aryl methyl sites for hydroxylation is 1. The van der Waals surface area contributed by atoms with Crippen molar-refractivity contribution in [2.45, 2.75) is 18.0 Å². The fourth-order valence-electron chi connectivity index (χ4n) is 1.86. The van der Waals surface area contributed by atoms with Gasteiger partial charge in [0.15, 0.2) is 0 Å². The van der Waals surface area contributed by atoms with E-state index >= 15 is 0 Å². The molecular weight excluding hydrogens is 373 g/mol. The number of benzene rings is 2. The van der Waals surface area contributed by atoms with Crippen LogP contribution in [0.4, 0.5) is 5.69 Å². The maximum absolute atomic E-state index is 12.0. The summed E-state index contributed by atoms with van der Waals surface area (Å²) in [5.41, 5.74) is 0.667. The summed E-state index contributed by atoms with van der Waals surface area (Å²) in [6.07, 6.45) is -0.655. The summed E-state index contributed by atoms with van der Waals surface area (Å²) >= 11 is 0. The zero-order chi connectivity index (χ0) is 18.7. The largest absolute Gasteiger partial charge is 0.361 e. The molecular formula is C14H14NO8PS. The van der Waals surface area contributed by atoms with Gasteiger partial charge in [-0.05, 0) is 24.6 Å². The fourth-order valence-corrected chi connectivity index (χ4v) is 3.82. The molecule has 0 aliphatic carbocycles. The number of hydrogen-bond acceptors (Lipinski definition) is 7. The van der Waals surface area contributed by atoms with Crippen molar-refractivity contribution < 1.29 is 31.8 Å². The molecule has 134 valence electrons. The lowest BCUT2D eigenvalue weighted by Crippen LogP contribution is -2.07. The van der Waals surface area contributed by atoms with Gasteiger partial charge in [-0.25, -0.2) is 0 Å². The zero-order valence-corrected chi connectivity index (χ0v) is 14.6. The Morgan fingerprint density at radius 2 is 1.84 bits per heavy atom. The van der Waals surface area contributed by atoms with E-state index in [-0.39, 0.29) is 16.1 Å². The van der Waals surface area contributed by atoms with E-state index in [1.54, 1.807) is 6.92 Å². The Morgan fingerprint density at radius 3 is 2.44 bits per heavy atom. The highest BCUT2D eigenvalue weighted by Gasteiger charge is 2.27. The van der Waals surface area contributed by atoms with Gasteiger partial charge >= 0.3 is 17.7 Å². The second kappa shape index (κ2) is 7.42. The van der Waals surface area contributed by atoms with Crippen LogP contribution in [0, 0.1) is 17.0 Å². The maximum Gasteiger partial charge on any atom is 0.361 e. The van der Waals surface area contributed by atoms with Crippen LogP contribution in [-0.2, 0) is 29.9 Å². The highest BCUT2D eigenvalue weighted by molar-refractivity contribution is 7.86. The van der Waals surface area contributed by atoms with Gasteiger partial charge in [-0.15, -0.1) is 4.67 Å². The number of nitrogens with zero attached hydrogens (tertiary/aromatic N) is 1. The van der Waals surface area contributed by atoms with Gasteiger partial charge in [0, 0.05) is 12.1 Å². The molecule has 0 aromatic heterocycles. The Labute approximate surface area is 143 Å². The lowest BCUT2D eigenvalue weighted by atomic mass is 10.2. The molecule has 0 bridgehead atoms. The van der Waals surface area contributed by atoms with Gasteiger partial charge in [0.2, 0.25) is 0 Å². The highest BCUT2D eigenvalue weighted by Crippen LogP contribution is 2.47.